The highest BCUT2D eigenvalue weighted by Crippen LogP contribution is 2.29. The molecule has 1 aliphatic rings. The van der Waals surface area contributed by atoms with Crippen molar-refractivity contribution in [1.82, 2.24) is 0 Å². The molecule has 0 aromatic heterocycles. The minimum Gasteiger partial charge on any atom is -0.491 e. The summed E-state index contributed by atoms with van der Waals surface area (Å²) in [6, 6.07) is 25.9. The first-order valence-electron chi connectivity index (χ1n) is 8.59. The first-order valence-corrected chi connectivity index (χ1v) is 8.96. The molecule has 4 heteroatoms. The van der Waals surface area contributed by atoms with E-state index in [9.17, 15) is 0 Å². The standard InChI is InChI=1S/C22H19ClO3/c23-19-10-12-20(13-11-19)24-14-21-15-25-22(26-21)18-8-6-17(7-9-18)16-4-2-1-3-5-16/h1-13,21-22H,14-15H2. The zero-order chi connectivity index (χ0) is 17.8. The third-order valence-corrected chi connectivity index (χ3v) is 4.54. The predicted molar refractivity (Wildman–Crippen MR) is 102 cm³/mol. The van der Waals surface area contributed by atoms with Crippen molar-refractivity contribution in [2.75, 3.05) is 13.2 Å². The second-order valence-corrected chi connectivity index (χ2v) is 6.61. The lowest BCUT2D eigenvalue weighted by molar-refractivity contribution is -0.0659. The van der Waals surface area contributed by atoms with Crippen LogP contribution in [0.15, 0.2) is 78.9 Å². The van der Waals surface area contributed by atoms with Crippen molar-refractivity contribution in [2.45, 2.75) is 12.4 Å². The zero-order valence-electron chi connectivity index (χ0n) is 14.2. The molecule has 3 nitrogen and oxygen atoms in total. The van der Waals surface area contributed by atoms with E-state index in [1.54, 1.807) is 12.1 Å². The molecule has 3 aromatic rings. The molecule has 4 rings (SSSR count). The van der Waals surface area contributed by atoms with Crippen LogP contribution in [0.5, 0.6) is 5.75 Å². The van der Waals surface area contributed by atoms with Crippen molar-refractivity contribution in [3.8, 4) is 16.9 Å². The van der Waals surface area contributed by atoms with Gasteiger partial charge in [0.1, 0.15) is 18.5 Å². The molecule has 0 amide bonds. The van der Waals surface area contributed by atoms with E-state index < -0.39 is 0 Å². The van der Waals surface area contributed by atoms with E-state index in [1.807, 2.05) is 30.3 Å². The molecule has 0 saturated carbocycles. The number of hydrogen-bond acceptors (Lipinski definition) is 3. The van der Waals surface area contributed by atoms with Crippen LogP contribution in [0.3, 0.4) is 0 Å². The largest absolute Gasteiger partial charge is 0.491 e. The normalized spacial score (nSPS) is 19.4. The van der Waals surface area contributed by atoms with E-state index in [4.69, 9.17) is 25.8 Å². The Bertz CT molecular complexity index is 832. The second kappa shape index (κ2) is 7.92. The van der Waals surface area contributed by atoms with Gasteiger partial charge in [-0.05, 0) is 35.4 Å². The molecule has 1 heterocycles. The van der Waals surface area contributed by atoms with Crippen LogP contribution in [0, 0.1) is 0 Å². The lowest BCUT2D eigenvalue weighted by Crippen LogP contribution is -2.19. The number of ether oxygens (including phenoxy) is 3. The highest BCUT2D eigenvalue weighted by molar-refractivity contribution is 6.30. The molecule has 0 aliphatic carbocycles. The Morgan fingerprint density at radius 3 is 2.27 bits per heavy atom. The molecule has 0 N–H and O–H groups in total. The van der Waals surface area contributed by atoms with E-state index in [1.165, 1.54) is 11.1 Å². The molecule has 1 saturated heterocycles. The summed E-state index contributed by atoms with van der Waals surface area (Å²) in [7, 11) is 0. The summed E-state index contributed by atoms with van der Waals surface area (Å²) in [5, 5.41) is 0.691. The fraction of sp³-hybridized carbons (Fsp3) is 0.182. The lowest BCUT2D eigenvalue weighted by atomic mass is 10.0. The SMILES string of the molecule is Clc1ccc(OCC2COC(c3ccc(-c4ccccc4)cc3)O2)cc1. The third kappa shape index (κ3) is 4.07. The lowest BCUT2D eigenvalue weighted by Gasteiger charge is -2.13. The molecule has 1 fully saturated rings. The summed E-state index contributed by atoms with van der Waals surface area (Å²) >= 11 is 5.88. The van der Waals surface area contributed by atoms with Crippen molar-refractivity contribution in [1.29, 1.82) is 0 Å². The quantitative estimate of drug-likeness (QED) is 0.596. The molecule has 3 aromatic carbocycles. The van der Waals surface area contributed by atoms with Crippen LogP contribution in [0.2, 0.25) is 5.02 Å². The van der Waals surface area contributed by atoms with Gasteiger partial charge < -0.3 is 14.2 Å². The van der Waals surface area contributed by atoms with Gasteiger partial charge in [0.05, 0.1) is 6.61 Å². The zero-order valence-corrected chi connectivity index (χ0v) is 14.9. The summed E-state index contributed by atoms with van der Waals surface area (Å²) in [6.07, 6.45) is -0.442. The Labute approximate surface area is 158 Å². The van der Waals surface area contributed by atoms with Crippen molar-refractivity contribution in [3.63, 3.8) is 0 Å². The number of rotatable bonds is 5. The Morgan fingerprint density at radius 2 is 1.54 bits per heavy atom. The van der Waals surface area contributed by atoms with E-state index in [-0.39, 0.29) is 12.4 Å². The Balaban J connectivity index is 1.34. The second-order valence-electron chi connectivity index (χ2n) is 6.18. The van der Waals surface area contributed by atoms with Crippen LogP contribution < -0.4 is 4.74 Å². The molecule has 0 bridgehead atoms. The van der Waals surface area contributed by atoms with Crippen LogP contribution in [0.4, 0.5) is 0 Å². The molecular formula is C22H19ClO3. The highest BCUT2D eigenvalue weighted by atomic mass is 35.5. The minimum atomic E-state index is -0.348. The maximum absolute atomic E-state index is 5.97. The van der Waals surface area contributed by atoms with E-state index in [0.717, 1.165) is 11.3 Å². The van der Waals surface area contributed by atoms with Gasteiger partial charge in [-0.1, -0.05) is 66.2 Å². The fourth-order valence-electron chi connectivity index (χ4n) is 2.89. The molecule has 2 atom stereocenters. The summed E-state index contributed by atoms with van der Waals surface area (Å²) in [5.41, 5.74) is 3.38. The van der Waals surface area contributed by atoms with Crippen LogP contribution in [-0.4, -0.2) is 19.3 Å². The molecule has 132 valence electrons. The minimum absolute atomic E-state index is 0.0931. The topological polar surface area (TPSA) is 27.7 Å². The van der Waals surface area contributed by atoms with Crippen LogP contribution in [0.25, 0.3) is 11.1 Å². The Hall–Kier alpha value is -2.33. The van der Waals surface area contributed by atoms with Gasteiger partial charge in [0.2, 0.25) is 0 Å². The number of benzene rings is 3. The molecule has 0 radical (unpaired) electrons. The first kappa shape index (κ1) is 17.1. The molecule has 26 heavy (non-hydrogen) atoms. The summed E-state index contributed by atoms with van der Waals surface area (Å²) in [5.74, 6) is 0.772. The van der Waals surface area contributed by atoms with Gasteiger partial charge in [0.25, 0.3) is 0 Å². The van der Waals surface area contributed by atoms with Gasteiger partial charge in [-0.25, -0.2) is 0 Å². The smallest absolute Gasteiger partial charge is 0.184 e. The highest BCUT2D eigenvalue weighted by Gasteiger charge is 2.27. The van der Waals surface area contributed by atoms with Crippen LogP contribution >= 0.6 is 11.6 Å². The van der Waals surface area contributed by atoms with Crippen LogP contribution in [0.1, 0.15) is 11.9 Å². The van der Waals surface area contributed by atoms with E-state index in [2.05, 4.69) is 36.4 Å². The fourth-order valence-corrected chi connectivity index (χ4v) is 3.02. The number of hydrogen-bond donors (Lipinski definition) is 0. The predicted octanol–water partition coefficient (Wildman–Crippen LogP) is 5.50. The molecular weight excluding hydrogens is 348 g/mol. The maximum Gasteiger partial charge on any atom is 0.184 e. The van der Waals surface area contributed by atoms with Gasteiger partial charge in [0.15, 0.2) is 6.29 Å². The van der Waals surface area contributed by atoms with E-state index >= 15 is 0 Å². The van der Waals surface area contributed by atoms with Gasteiger partial charge in [-0.15, -0.1) is 0 Å². The van der Waals surface area contributed by atoms with Gasteiger partial charge >= 0.3 is 0 Å². The van der Waals surface area contributed by atoms with Gasteiger partial charge in [-0.3, -0.25) is 0 Å². The van der Waals surface area contributed by atoms with Crippen molar-refractivity contribution in [2.24, 2.45) is 0 Å². The average molecular weight is 367 g/mol. The Morgan fingerprint density at radius 1 is 0.846 bits per heavy atom. The maximum atomic E-state index is 5.97. The van der Waals surface area contributed by atoms with Crippen molar-refractivity contribution < 1.29 is 14.2 Å². The van der Waals surface area contributed by atoms with Gasteiger partial charge in [-0.2, -0.15) is 0 Å². The summed E-state index contributed by atoms with van der Waals surface area (Å²) < 4.78 is 17.5. The first-order chi connectivity index (χ1) is 12.8. The summed E-state index contributed by atoms with van der Waals surface area (Å²) in [4.78, 5) is 0. The monoisotopic (exact) mass is 366 g/mol. The van der Waals surface area contributed by atoms with Crippen LogP contribution in [-0.2, 0) is 9.47 Å². The molecule has 0 spiro atoms. The molecule has 1 aliphatic heterocycles. The number of halogens is 1. The van der Waals surface area contributed by atoms with Gasteiger partial charge in [0, 0.05) is 10.6 Å². The molecule has 2 unspecified atom stereocenters. The Kier molecular flexibility index (Phi) is 5.21. The van der Waals surface area contributed by atoms with Crippen molar-refractivity contribution in [3.05, 3.63) is 89.4 Å². The average Bonchev–Trinajstić information content (AvgIpc) is 3.17. The third-order valence-electron chi connectivity index (χ3n) is 4.29. The van der Waals surface area contributed by atoms with E-state index in [0.29, 0.717) is 18.2 Å². The summed E-state index contributed by atoms with van der Waals surface area (Å²) in [6.45, 7) is 0.957. The van der Waals surface area contributed by atoms with Crippen molar-refractivity contribution >= 4 is 11.6 Å².